The molecule has 43 heteroatoms. The fraction of sp³-hybridized carbons (Fsp3) is 0.630. The fourth-order valence-corrected chi connectivity index (χ4v) is 8.24. The number of halogens is 17. The zero-order valence-corrected chi connectivity index (χ0v) is 51.7. The Morgan fingerprint density at radius 2 is 1.07 bits per heavy atom. The van der Waals surface area contributed by atoms with Gasteiger partial charge >= 0.3 is 54.0 Å². The minimum absolute atomic E-state index is 0. The minimum atomic E-state index is -4.65. The van der Waals surface area contributed by atoms with E-state index in [-0.39, 0.29) is 146 Å². The predicted octanol–water partition coefficient (Wildman–Crippen LogP) is 5.89. The molecule has 5 aliphatic carbocycles. The maximum Gasteiger partial charge on any atom is 1.00 e. The summed E-state index contributed by atoms with van der Waals surface area (Å²) in [6.07, 6.45) is -8.75. The number of amides is 1. The van der Waals surface area contributed by atoms with E-state index in [0.29, 0.717) is 34.8 Å². The molecule has 5 aliphatic rings. The Morgan fingerprint density at radius 3 is 1.31 bits per heavy atom. The molecule has 3 aromatic heterocycles. The first-order valence-corrected chi connectivity index (χ1v) is 26.6. The number of anilines is 2. The number of carbonyl (C=O) groups is 3. The molecule has 23 nitrogen and oxygen atoms in total. The van der Waals surface area contributed by atoms with Crippen LogP contribution in [0.5, 0.6) is 0 Å². The molecule has 0 saturated heterocycles. The molecule has 89 heavy (non-hydrogen) atoms. The molecule has 494 valence electrons. The van der Waals surface area contributed by atoms with Gasteiger partial charge in [0, 0.05) is 119 Å². The van der Waals surface area contributed by atoms with E-state index >= 15 is 0 Å². The number of ether oxygens (including phenoxy) is 1. The zero-order chi connectivity index (χ0) is 66.9. The van der Waals surface area contributed by atoms with Crippen molar-refractivity contribution in [2.75, 3.05) is 17.2 Å². The summed E-state index contributed by atoms with van der Waals surface area (Å²) in [5, 5.41) is 26.5. The number of ketones is 1. The number of hydrogen-bond donors (Lipinski definition) is 7. The molecule has 0 atom stereocenters. The number of nitrogens with zero attached hydrogens (tertiary/aromatic N) is 10. The van der Waals surface area contributed by atoms with Crippen molar-refractivity contribution < 1.29 is 129 Å². The van der Waals surface area contributed by atoms with Crippen LogP contribution < -0.4 is 68.4 Å². The topological polar surface area (TPSA) is 386 Å². The van der Waals surface area contributed by atoms with Gasteiger partial charge in [-0.2, -0.15) is 50.9 Å². The molecule has 3 heterocycles. The molecule has 0 bridgehead atoms. The Labute approximate surface area is 532 Å². The van der Waals surface area contributed by atoms with Crippen molar-refractivity contribution in [3.63, 3.8) is 0 Å². The number of rotatable bonds is 11. The summed E-state index contributed by atoms with van der Waals surface area (Å²) >= 11 is 1.29. The molecule has 11 N–H and O–H groups in total. The molecule has 8 rings (SSSR count). The molecule has 1 amide bonds. The Bertz CT molecular complexity index is 2770. The molecular weight excluding hydrogens is 1310 g/mol. The summed E-state index contributed by atoms with van der Waals surface area (Å²) in [5.74, 6) is -15.7. The standard InChI is InChI=1S/C15H13F7N6S.C10H15F4N5.C6H6F3NS.C6H10O3.C4H7F2N.C2N3.C2H5NO.CO2.ClH.Na/c16-13(17)1-6(2-13)23-11-26-9(10-25-8(5-29-10)15(20,21)22)27-12(28-11)24-7-3-14(18,19)4-7;11-9(12)1-5(2-9)17-7(15)19-8(16)18-6-3-10(13,14)4-6;1-2-4-3-11-5(10-4)6(7,8)9;1-3-5(7)6(8)9-4-2;5-4(6)1-3(7)2-4;3-1-5-2-4;1-2(3)4;2-1-3;;/h5-7H,1-4H2,(H2,23,24,26,27,28);5-6H,1-4H2,(H5,15,16,17,18,19);3H,2H2,1H3;3-4H2,1-2H3;3H,1-2,7H2;;1H3,(H2,3,4);;1H;/q;;;;;-1;;;;+1. The van der Waals surface area contributed by atoms with Crippen LogP contribution >= 0.6 is 35.1 Å². The van der Waals surface area contributed by atoms with Crippen LogP contribution in [0.1, 0.15) is 115 Å². The number of hydrogen-bond acceptors (Lipinski definition) is 20. The Balaban J connectivity index is 0. The number of Topliss-reactive ketones (excluding diaryl/α,β-unsaturated/α-hetero) is 1. The van der Waals surface area contributed by atoms with Crippen molar-refractivity contribution in [1.82, 2.24) is 30.2 Å². The van der Waals surface area contributed by atoms with Gasteiger partial charge in [0.2, 0.25) is 23.6 Å². The van der Waals surface area contributed by atoms with Crippen LogP contribution in [-0.2, 0) is 47.5 Å². The number of alkyl halides is 16. The van der Waals surface area contributed by atoms with Crippen LogP contribution in [0.25, 0.3) is 16.1 Å². The van der Waals surface area contributed by atoms with Crippen LogP contribution in [0, 0.1) is 22.9 Å². The van der Waals surface area contributed by atoms with E-state index in [0.717, 1.165) is 5.38 Å². The van der Waals surface area contributed by atoms with Crippen molar-refractivity contribution in [2.45, 2.75) is 177 Å². The number of nitriles is 2. The van der Waals surface area contributed by atoms with E-state index < -0.39 is 114 Å². The maximum absolute atomic E-state index is 13.0. The SMILES string of the molecule is CC(N)=O.CCOC(=O)C(=O)CC.CCc1csc(C(F)(F)F)n1.Cl.FC1(F)CC(Nc2nc(NC3CC(F)(F)C3)nc(-c3nc(C(F)(F)F)cs3)n2)C1.N#C[N-]C#N.NC(=NC1CC(F)(F)C1)NC(N)=NC1CC(F)(F)C1.NC1CC(F)(F)C1.O=C=O.[Na+]. The first-order chi connectivity index (χ1) is 40.0. The molecule has 3 aromatic rings. The number of primary amides is 1. The Morgan fingerprint density at radius 1 is 0.674 bits per heavy atom. The number of aromatic nitrogens is 5. The van der Waals surface area contributed by atoms with Gasteiger partial charge in [0.05, 0.1) is 24.4 Å². The van der Waals surface area contributed by atoms with Gasteiger partial charge in [-0.1, -0.05) is 13.8 Å². The Hall–Kier alpha value is -6.49. The van der Waals surface area contributed by atoms with E-state index in [1.54, 1.807) is 20.8 Å². The summed E-state index contributed by atoms with van der Waals surface area (Å²) in [5.41, 5.74) is 19.8. The van der Waals surface area contributed by atoms with Gasteiger partial charge in [0.1, 0.15) is 0 Å². The van der Waals surface area contributed by atoms with Gasteiger partial charge in [-0.25, -0.2) is 68.7 Å². The van der Waals surface area contributed by atoms with E-state index in [4.69, 9.17) is 37.3 Å². The van der Waals surface area contributed by atoms with Crippen molar-refractivity contribution in [1.29, 1.82) is 10.5 Å². The second kappa shape index (κ2) is 37.6. The zero-order valence-electron chi connectivity index (χ0n) is 47.2. The number of thiazole rings is 2. The van der Waals surface area contributed by atoms with E-state index in [1.807, 2.05) is 0 Å². The van der Waals surface area contributed by atoms with Gasteiger partial charge in [-0.3, -0.25) is 20.2 Å². The monoisotopic (exact) mass is 1370 g/mol. The molecule has 0 radical (unpaired) electrons. The van der Waals surface area contributed by atoms with Crippen molar-refractivity contribution in [2.24, 2.45) is 32.9 Å². The van der Waals surface area contributed by atoms with E-state index in [9.17, 15) is 84.6 Å². The van der Waals surface area contributed by atoms with Gasteiger partial charge in [0.25, 0.3) is 29.6 Å². The van der Waals surface area contributed by atoms with Gasteiger partial charge in [-0.15, -0.1) is 35.1 Å². The molecule has 5 fully saturated rings. The normalized spacial score (nSPS) is 18.1. The van der Waals surface area contributed by atoms with Crippen molar-refractivity contribution in [3.05, 3.63) is 32.5 Å². The van der Waals surface area contributed by atoms with Crippen LogP contribution in [0.3, 0.4) is 0 Å². The third-order valence-electron chi connectivity index (χ3n) is 10.7. The van der Waals surface area contributed by atoms with E-state index in [1.165, 1.54) is 24.7 Å². The summed E-state index contributed by atoms with van der Waals surface area (Å²) in [6, 6.07) is -2.56. The molecule has 0 unspecified atom stereocenters. The van der Waals surface area contributed by atoms with Crippen LogP contribution in [-0.4, -0.2) is 127 Å². The summed E-state index contributed by atoms with van der Waals surface area (Å²) < 4.78 is 204. The van der Waals surface area contributed by atoms with Crippen LogP contribution in [0.2, 0.25) is 0 Å². The van der Waals surface area contributed by atoms with Crippen LogP contribution in [0.4, 0.5) is 82.1 Å². The number of aryl methyl sites for hydroxylation is 1. The second-order valence-corrected chi connectivity index (χ2v) is 20.3. The average Bonchev–Trinajstić information content (AvgIpc) is 4.08. The first-order valence-electron chi connectivity index (χ1n) is 24.8. The number of nitrogens with one attached hydrogen (secondary N) is 3. The maximum atomic E-state index is 13.0. The third kappa shape index (κ3) is 34.3. The average molecular weight is 1370 g/mol. The number of guanidine groups is 2. The molecule has 5 saturated carbocycles. The van der Waals surface area contributed by atoms with Crippen molar-refractivity contribution in [3.8, 4) is 23.2 Å². The summed E-state index contributed by atoms with van der Waals surface area (Å²) in [6.45, 7) is 6.64. The third-order valence-corrected chi connectivity index (χ3v) is 12.5. The summed E-state index contributed by atoms with van der Waals surface area (Å²) in [4.78, 5) is 72.6. The Kier molecular flexibility index (Phi) is 35.7. The predicted molar refractivity (Wildman–Crippen MR) is 284 cm³/mol. The van der Waals surface area contributed by atoms with E-state index in [2.05, 4.69) is 66.6 Å². The number of nitrogens with two attached hydrogens (primary N) is 4. The number of esters is 1. The van der Waals surface area contributed by atoms with Crippen molar-refractivity contribution >= 4 is 82.7 Å². The molecule has 0 aliphatic heterocycles. The fourth-order valence-electron chi connectivity index (χ4n) is 6.72. The van der Waals surface area contributed by atoms with Crippen LogP contribution in [0.15, 0.2) is 20.7 Å². The van der Waals surface area contributed by atoms with Gasteiger partial charge in [-0.05, 0) is 13.3 Å². The number of carbonyl (C=O) groups excluding carboxylic acids is 5. The summed E-state index contributed by atoms with van der Waals surface area (Å²) in [7, 11) is 0. The first kappa shape index (κ1) is 84.6. The largest absolute Gasteiger partial charge is 1.00 e. The van der Waals surface area contributed by atoms with Gasteiger partial charge < -0.3 is 48.8 Å². The molecule has 0 spiro atoms. The number of aliphatic imine (C=N–C) groups is 2. The molecular formula is C46H57ClF16N17NaO6S2. The molecule has 0 aromatic carbocycles. The van der Waals surface area contributed by atoms with Gasteiger partial charge in [0.15, 0.2) is 33.5 Å². The second-order valence-electron chi connectivity index (χ2n) is 18.6. The quantitative estimate of drug-likeness (QED) is 0.0224. The minimum Gasteiger partial charge on any atom is -0.460 e. The smallest absolute Gasteiger partial charge is 0.460 e.